The third kappa shape index (κ3) is 7.72. The van der Waals surface area contributed by atoms with Gasteiger partial charge < -0.3 is 24.4 Å². The zero-order valence-electron chi connectivity index (χ0n) is 26.1. The van der Waals surface area contributed by atoms with Crippen LogP contribution in [0.15, 0.2) is 71.6 Å². The lowest BCUT2D eigenvalue weighted by Crippen LogP contribution is -2.54. The first-order valence-corrected chi connectivity index (χ1v) is 17.0. The minimum absolute atomic E-state index is 0.0273. The van der Waals surface area contributed by atoms with Gasteiger partial charge in [-0.25, -0.2) is 12.8 Å². The Labute approximate surface area is 269 Å². The highest BCUT2D eigenvalue weighted by atomic mass is 32.2. The molecule has 3 aromatic rings. The number of hydrogen-bond acceptors (Lipinski definition) is 7. The molecule has 1 saturated carbocycles. The number of nitrogens with one attached hydrogen (secondary N) is 1. The lowest BCUT2D eigenvalue weighted by atomic mass is 9.95. The topological polar surface area (TPSA) is 114 Å². The van der Waals surface area contributed by atoms with E-state index in [9.17, 15) is 22.4 Å². The molecule has 10 nitrogen and oxygen atoms in total. The van der Waals surface area contributed by atoms with Gasteiger partial charge in [-0.1, -0.05) is 38.3 Å². The molecule has 12 heteroatoms. The molecular weight excluding hydrogens is 613 g/mol. The van der Waals surface area contributed by atoms with Gasteiger partial charge in [-0.15, -0.1) is 0 Å². The molecule has 0 bridgehead atoms. The van der Waals surface area contributed by atoms with E-state index in [1.165, 1.54) is 35.2 Å². The van der Waals surface area contributed by atoms with Gasteiger partial charge >= 0.3 is 0 Å². The minimum atomic E-state index is -4.38. The summed E-state index contributed by atoms with van der Waals surface area (Å²) in [6, 6.07) is 15.4. The third-order valence-corrected chi connectivity index (χ3v) is 10.1. The van der Waals surface area contributed by atoms with E-state index in [4.69, 9.17) is 14.2 Å². The van der Waals surface area contributed by atoms with E-state index in [2.05, 4.69) is 5.32 Å². The smallest absolute Gasteiger partial charge is 0.264 e. The number of hydrogen-bond donors (Lipinski definition) is 1. The van der Waals surface area contributed by atoms with Crippen molar-refractivity contribution < 1.29 is 36.6 Å². The van der Waals surface area contributed by atoms with Crippen molar-refractivity contribution >= 4 is 27.5 Å². The molecule has 46 heavy (non-hydrogen) atoms. The van der Waals surface area contributed by atoms with E-state index in [0.717, 1.165) is 54.1 Å². The van der Waals surface area contributed by atoms with Gasteiger partial charge in [0.1, 0.15) is 37.4 Å². The number of sulfonamides is 1. The number of nitrogens with zero attached hydrogens (tertiary/aromatic N) is 2. The predicted octanol–water partition coefficient (Wildman–Crippen LogP) is 5.06. The maximum Gasteiger partial charge on any atom is 0.264 e. The fourth-order valence-corrected chi connectivity index (χ4v) is 7.27. The maximum atomic E-state index is 14.3. The van der Waals surface area contributed by atoms with Crippen LogP contribution in [-0.2, 0) is 26.2 Å². The monoisotopic (exact) mass is 653 g/mol. The number of methoxy groups -OCH3 is 1. The molecule has 0 aromatic heterocycles. The predicted molar refractivity (Wildman–Crippen MR) is 171 cm³/mol. The summed E-state index contributed by atoms with van der Waals surface area (Å²) in [4.78, 5) is 29.3. The Morgan fingerprint density at radius 2 is 1.63 bits per heavy atom. The lowest BCUT2D eigenvalue weighted by Gasteiger charge is -2.34. The summed E-state index contributed by atoms with van der Waals surface area (Å²) in [5, 5.41) is 3.13. The number of ether oxygens (including phenoxy) is 3. The van der Waals surface area contributed by atoms with Crippen LogP contribution in [0.1, 0.15) is 51.0 Å². The van der Waals surface area contributed by atoms with Crippen LogP contribution in [0.3, 0.4) is 0 Å². The number of halogens is 1. The highest BCUT2D eigenvalue weighted by Gasteiger charge is 2.35. The molecule has 246 valence electrons. The summed E-state index contributed by atoms with van der Waals surface area (Å²) in [7, 11) is -2.82. The molecule has 1 fully saturated rings. The zero-order valence-corrected chi connectivity index (χ0v) is 26.9. The summed E-state index contributed by atoms with van der Waals surface area (Å²) >= 11 is 0. The molecule has 0 spiro atoms. The van der Waals surface area contributed by atoms with Crippen LogP contribution in [0.4, 0.5) is 10.1 Å². The second kappa shape index (κ2) is 14.8. The molecule has 0 radical (unpaired) electrons. The van der Waals surface area contributed by atoms with E-state index in [1.54, 1.807) is 31.4 Å². The van der Waals surface area contributed by atoms with Gasteiger partial charge in [0, 0.05) is 18.7 Å². The Balaban J connectivity index is 1.49. The molecule has 2 amide bonds. The lowest BCUT2D eigenvalue weighted by molar-refractivity contribution is -0.140. The van der Waals surface area contributed by atoms with Gasteiger partial charge in [0.25, 0.3) is 10.0 Å². The van der Waals surface area contributed by atoms with E-state index in [0.29, 0.717) is 24.5 Å². The third-order valence-electron chi connectivity index (χ3n) is 8.34. The Kier molecular flexibility index (Phi) is 10.7. The molecule has 1 aliphatic heterocycles. The molecule has 1 atom stereocenters. The van der Waals surface area contributed by atoms with Crippen molar-refractivity contribution in [2.24, 2.45) is 0 Å². The van der Waals surface area contributed by atoms with E-state index in [-0.39, 0.29) is 41.4 Å². The first-order valence-electron chi connectivity index (χ1n) is 15.6. The average Bonchev–Trinajstić information content (AvgIpc) is 3.08. The van der Waals surface area contributed by atoms with Crippen LogP contribution in [0.2, 0.25) is 0 Å². The molecule has 0 saturated heterocycles. The van der Waals surface area contributed by atoms with Gasteiger partial charge in [0.2, 0.25) is 11.8 Å². The SMILES string of the molecule is CC[C@@H](C(=O)NC1CCCCC1)N(Cc1ccc(OC)cc1)C(=O)CN(c1ccc(F)cc1)S(=O)(=O)c1ccc2c(c1)OCCO2. The van der Waals surface area contributed by atoms with Crippen LogP contribution >= 0.6 is 0 Å². The average molecular weight is 654 g/mol. The number of carbonyl (C=O) groups excluding carboxylic acids is 2. The summed E-state index contributed by atoms with van der Waals surface area (Å²) in [6.45, 7) is 1.85. The number of rotatable bonds is 12. The van der Waals surface area contributed by atoms with Crippen LogP contribution < -0.4 is 23.8 Å². The summed E-state index contributed by atoms with van der Waals surface area (Å²) in [6.07, 6.45) is 5.25. The largest absolute Gasteiger partial charge is 0.497 e. The van der Waals surface area contributed by atoms with Crippen molar-refractivity contribution in [3.63, 3.8) is 0 Å². The molecule has 3 aromatic carbocycles. The van der Waals surface area contributed by atoms with E-state index >= 15 is 0 Å². The van der Waals surface area contributed by atoms with Crippen molar-refractivity contribution in [2.75, 3.05) is 31.2 Å². The first kappa shape index (κ1) is 33.1. The fourth-order valence-electron chi connectivity index (χ4n) is 5.84. The molecule has 1 aliphatic carbocycles. The van der Waals surface area contributed by atoms with E-state index < -0.39 is 34.3 Å². The van der Waals surface area contributed by atoms with Crippen molar-refractivity contribution in [3.8, 4) is 17.2 Å². The molecule has 1 heterocycles. The Hall–Kier alpha value is -4.32. The van der Waals surface area contributed by atoms with Gasteiger partial charge in [-0.05, 0) is 73.4 Å². The van der Waals surface area contributed by atoms with Crippen LogP contribution in [-0.4, -0.2) is 64.1 Å². The van der Waals surface area contributed by atoms with Gasteiger partial charge in [-0.3, -0.25) is 13.9 Å². The number of carbonyl (C=O) groups is 2. The van der Waals surface area contributed by atoms with Gasteiger partial charge in [0.05, 0.1) is 17.7 Å². The van der Waals surface area contributed by atoms with Crippen molar-refractivity contribution in [3.05, 3.63) is 78.1 Å². The van der Waals surface area contributed by atoms with Gasteiger partial charge in [0.15, 0.2) is 11.5 Å². The second-order valence-corrected chi connectivity index (χ2v) is 13.3. The van der Waals surface area contributed by atoms with Crippen LogP contribution in [0, 0.1) is 5.82 Å². The number of amides is 2. The number of anilines is 1. The Morgan fingerprint density at radius 1 is 0.957 bits per heavy atom. The molecule has 1 N–H and O–H groups in total. The Bertz CT molecular complexity index is 1610. The van der Waals surface area contributed by atoms with Crippen molar-refractivity contribution in [1.82, 2.24) is 10.2 Å². The minimum Gasteiger partial charge on any atom is -0.497 e. The fraction of sp³-hybridized carbons (Fsp3) is 0.412. The second-order valence-electron chi connectivity index (χ2n) is 11.4. The van der Waals surface area contributed by atoms with Crippen molar-refractivity contribution in [1.29, 1.82) is 0 Å². The molecule has 2 aliphatic rings. The summed E-state index contributed by atoms with van der Waals surface area (Å²) in [5.74, 6) is -0.111. The van der Waals surface area contributed by atoms with Crippen LogP contribution in [0.5, 0.6) is 17.2 Å². The van der Waals surface area contributed by atoms with Gasteiger partial charge in [-0.2, -0.15) is 0 Å². The Morgan fingerprint density at radius 3 is 2.28 bits per heavy atom. The normalized spacial score (nSPS) is 15.5. The van der Waals surface area contributed by atoms with Crippen molar-refractivity contribution in [2.45, 2.75) is 69.0 Å². The summed E-state index contributed by atoms with van der Waals surface area (Å²) in [5.41, 5.74) is 0.829. The van der Waals surface area contributed by atoms with Crippen LogP contribution in [0.25, 0.3) is 0 Å². The van der Waals surface area contributed by atoms with E-state index in [1.807, 2.05) is 6.92 Å². The first-order chi connectivity index (χ1) is 22.2. The highest BCUT2D eigenvalue weighted by molar-refractivity contribution is 7.92. The molecular formula is C34H40FN3O7S. The zero-order chi connectivity index (χ0) is 32.7. The summed E-state index contributed by atoms with van der Waals surface area (Å²) < 4.78 is 59.7. The maximum absolute atomic E-state index is 14.3. The number of benzene rings is 3. The molecule has 0 unspecified atom stereocenters. The number of fused-ring (bicyclic) bond motifs is 1. The quantitative estimate of drug-likeness (QED) is 0.291. The molecule has 5 rings (SSSR count). The highest BCUT2D eigenvalue weighted by Crippen LogP contribution is 2.34. The standard InChI is InChI=1S/C34H40FN3O7S/c1-3-30(34(40)36-26-7-5-4-6-8-26)37(22-24-9-15-28(43-2)16-10-24)33(39)23-38(27-13-11-25(35)12-14-27)46(41,42)29-17-18-31-32(21-29)45-20-19-44-31/h9-18,21,26,30H,3-8,19-20,22-23H2,1-2H3,(H,36,40)/t30-/m0/s1.